The van der Waals surface area contributed by atoms with E-state index in [1.807, 2.05) is 24.3 Å². The van der Waals surface area contributed by atoms with Crippen molar-refractivity contribution in [2.75, 3.05) is 13.2 Å². The molecule has 0 aromatic heterocycles. The second-order valence-corrected chi connectivity index (χ2v) is 11.1. The molecule has 4 heteroatoms. The second-order valence-electron chi connectivity index (χ2n) is 11.1. The standard InChI is InChI=1S/C35H56O4/c1-4-7-10-12-14-16-19-30-21-24-32(25-22-30)39-34-26-23-31(20-17-15-13-11-8-5-2)28-33(34)35(37,29-36)38-27-18-9-6-3/h21-26,28,36-37H,4-20,27,29H2,1-3H3. The first-order chi connectivity index (χ1) is 19.1. The summed E-state index contributed by atoms with van der Waals surface area (Å²) in [5.41, 5.74) is 2.95. The van der Waals surface area contributed by atoms with Crippen LogP contribution < -0.4 is 4.74 Å². The number of aliphatic hydroxyl groups is 2. The van der Waals surface area contributed by atoms with Crippen LogP contribution in [0, 0.1) is 0 Å². The van der Waals surface area contributed by atoms with E-state index in [0.29, 0.717) is 17.9 Å². The molecule has 0 fully saturated rings. The van der Waals surface area contributed by atoms with E-state index in [4.69, 9.17) is 9.47 Å². The Kier molecular flexibility index (Phi) is 17.1. The fourth-order valence-electron chi connectivity index (χ4n) is 5.00. The number of benzene rings is 2. The predicted molar refractivity (Wildman–Crippen MR) is 164 cm³/mol. The van der Waals surface area contributed by atoms with Crippen LogP contribution in [0.1, 0.15) is 134 Å². The first-order valence-electron chi connectivity index (χ1n) is 15.9. The predicted octanol–water partition coefficient (Wildman–Crippen LogP) is 9.63. The first kappa shape index (κ1) is 33.3. The summed E-state index contributed by atoms with van der Waals surface area (Å²) < 4.78 is 12.2. The molecule has 0 bridgehead atoms. The summed E-state index contributed by atoms with van der Waals surface area (Å²) in [6, 6.07) is 14.2. The van der Waals surface area contributed by atoms with Gasteiger partial charge in [0.25, 0.3) is 0 Å². The van der Waals surface area contributed by atoms with Crippen LogP contribution in [-0.2, 0) is 23.4 Å². The third-order valence-corrected chi connectivity index (χ3v) is 7.56. The van der Waals surface area contributed by atoms with Crippen LogP contribution in [0.5, 0.6) is 11.5 Å². The Bertz CT molecular complexity index is 879. The maximum absolute atomic E-state index is 11.4. The minimum atomic E-state index is -1.79. The van der Waals surface area contributed by atoms with Crippen molar-refractivity contribution >= 4 is 0 Å². The highest BCUT2D eigenvalue weighted by atomic mass is 16.6. The molecule has 2 aromatic rings. The molecule has 39 heavy (non-hydrogen) atoms. The molecule has 0 amide bonds. The molecule has 0 aliphatic carbocycles. The van der Waals surface area contributed by atoms with E-state index >= 15 is 0 Å². The highest BCUT2D eigenvalue weighted by molar-refractivity contribution is 5.43. The van der Waals surface area contributed by atoms with Crippen molar-refractivity contribution in [1.82, 2.24) is 0 Å². The fourth-order valence-corrected chi connectivity index (χ4v) is 5.00. The molecule has 0 saturated heterocycles. The fraction of sp³-hybridized carbons (Fsp3) is 0.657. The minimum absolute atomic E-state index is 0.388. The van der Waals surface area contributed by atoms with Gasteiger partial charge in [0.1, 0.15) is 18.1 Å². The van der Waals surface area contributed by atoms with Crippen LogP contribution in [0.4, 0.5) is 0 Å². The van der Waals surface area contributed by atoms with E-state index in [1.54, 1.807) is 0 Å². The molecular formula is C35H56O4. The molecule has 0 heterocycles. The molecule has 0 aliphatic rings. The number of hydrogen-bond acceptors (Lipinski definition) is 4. The van der Waals surface area contributed by atoms with Gasteiger partial charge < -0.3 is 19.7 Å². The smallest absolute Gasteiger partial charge is 0.220 e. The highest BCUT2D eigenvalue weighted by Gasteiger charge is 2.33. The lowest BCUT2D eigenvalue weighted by atomic mass is 9.98. The number of unbranched alkanes of at least 4 members (excludes halogenated alkanes) is 12. The molecule has 2 rings (SSSR count). The van der Waals surface area contributed by atoms with Crippen LogP contribution in [0.2, 0.25) is 0 Å². The maximum atomic E-state index is 11.4. The van der Waals surface area contributed by atoms with Crippen molar-refractivity contribution < 1.29 is 19.7 Å². The van der Waals surface area contributed by atoms with Gasteiger partial charge in [-0.2, -0.15) is 0 Å². The average molecular weight is 541 g/mol. The third kappa shape index (κ3) is 12.9. The van der Waals surface area contributed by atoms with Crippen LogP contribution in [0.15, 0.2) is 42.5 Å². The zero-order chi connectivity index (χ0) is 28.2. The molecule has 1 atom stereocenters. The van der Waals surface area contributed by atoms with Gasteiger partial charge in [-0.05, 0) is 67.5 Å². The molecule has 4 nitrogen and oxygen atoms in total. The van der Waals surface area contributed by atoms with Crippen LogP contribution in [-0.4, -0.2) is 23.4 Å². The largest absolute Gasteiger partial charge is 0.457 e. The zero-order valence-electron chi connectivity index (χ0n) is 25.2. The van der Waals surface area contributed by atoms with Crippen molar-refractivity contribution in [3.63, 3.8) is 0 Å². The molecule has 0 saturated carbocycles. The SMILES string of the molecule is CCCCCCCCc1ccc(Oc2ccc(CCCCCCCC)cc2C(O)(CO)OCCCCC)cc1. The summed E-state index contributed by atoms with van der Waals surface area (Å²) in [5, 5.41) is 21.6. The van der Waals surface area contributed by atoms with Gasteiger partial charge in [-0.15, -0.1) is 0 Å². The van der Waals surface area contributed by atoms with E-state index in [-0.39, 0.29) is 0 Å². The molecule has 0 radical (unpaired) electrons. The molecule has 220 valence electrons. The van der Waals surface area contributed by atoms with Gasteiger partial charge in [-0.1, -0.05) is 116 Å². The monoisotopic (exact) mass is 540 g/mol. The van der Waals surface area contributed by atoms with E-state index in [1.165, 1.54) is 76.2 Å². The molecule has 2 aromatic carbocycles. The molecular weight excluding hydrogens is 484 g/mol. The molecule has 0 spiro atoms. The number of ether oxygens (including phenoxy) is 2. The Balaban J connectivity index is 2.10. The van der Waals surface area contributed by atoms with Crippen molar-refractivity contribution in [3.8, 4) is 11.5 Å². The molecule has 0 aliphatic heterocycles. The topological polar surface area (TPSA) is 58.9 Å². The average Bonchev–Trinajstić information content (AvgIpc) is 2.96. The van der Waals surface area contributed by atoms with Crippen molar-refractivity contribution in [2.24, 2.45) is 0 Å². The summed E-state index contributed by atoms with van der Waals surface area (Å²) in [5.74, 6) is -0.548. The summed E-state index contributed by atoms with van der Waals surface area (Å²) in [6.45, 7) is 6.49. The van der Waals surface area contributed by atoms with Gasteiger partial charge in [0.2, 0.25) is 5.79 Å². The first-order valence-corrected chi connectivity index (χ1v) is 15.9. The Hall–Kier alpha value is -1.88. The Morgan fingerprint density at radius 2 is 1.13 bits per heavy atom. The van der Waals surface area contributed by atoms with Gasteiger partial charge in [-0.25, -0.2) is 0 Å². The molecule has 2 N–H and O–H groups in total. The van der Waals surface area contributed by atoms with Gasteiger partial charge in [0, 0.05) is 0 Å². The molecule has 1 unspecified atom stereocenters. The summed E-state index contributed by atoms with van der Waals surface area (Å²) in [6.07, 6.45) is 20.1. The number of hydrogen-bond donors (Lipinski definition) is 2. The highest BCUT2D eigenvalue weighted by Crippen LogP contribution is 2.36. The minimum Gasteiger partial charge on any atom is -0.457 e. The Labute approximate surface area is 239 Å². The number of rotatable bonds is 23. The van der Waals surface area contributed by atoms with Gasteiger partial charge in [-0.3, -0.25) is 0 Å². The lowest BCUT2D eigenvalue weighted by molar-refractivity contribution is -0.234. The van der Waals surface area contributed by atoms with Crippen LogP contribution in [0.25, 0.3) is 0 Å². The van der Waals surface area contributed by atoms with E-state index in [0.717, 1.165) is 49.8 Å². The lowest BCUT2D eigenvalue weighted by Gasteiger charge is -2.29. The quantitative estimate of drug-likeness (QED) is 0.109. The summed E-state index contributed by atoms with van der Waals surface area (Å²) >= 11 is 0. The Morgan fingerprint density at radius 3 is 1.72 bits per heavy atom. The van der Waals surface area contributed by atoms with E-state index < -0.39 is 12.4 Å². The normalized spacial score (nSPS) is 12.9. The number of aliphatic hydroxyl groups excluding tert-OH is 1. The maximum Gasteiger partial charge on any atom is 0.220 e. The van der Waals surface area contributed by atoms with Crippen LogP contribution in [0.3, 0.4) is 0 Å². The van der Waals surface area contributed by atoms with Gasteiger partial charge in [0.05, 0.1) is 12.2 Å². The van der Waals surface area contributed by atoms with Gasteiger partial charge in [0.15, 0.2) is 0 Å². The second kappa shape index (κ2) is 20.1. The summed E-state index contributed by atoms with van der Waals surface area (Å²) in [7, 11) is 0. The van der Waals surface area contributed by atoms with Gasteiger partial charge >= 0.3 is 0 Å². The van der Waals surface area contributed by atoms with Crippen LogP contribution >= 0.6 is 0 Å². The Morgan fingerprint density at radius 1 is 0.615 bits per heavy atom. The number of aryl methyl sites for hydroxylation is 2. The third-order valence-electron chi connectivity index (χ3n) is 7.56. The van der Waals surface area contributed by atoms with Crippen molar-refractivity contribution in [1.29, 1.82) is 0 Å². The van der Waals surface area contributed by atoms with Crippen molar-refractivity contribution in [2.45, 2.75) is 136 Å². The van der Waals surface area contributed by atoms with Crippen molar-refractivity contribution in [3.05, 3.63) is 59.2 Å². The zero-order valence-corrected chi connectivity index (χ0v) is 25.2. The van der Waals surface area contributed by atoms with E-state index in [2.05, 4.69) is 39.0 Å². The lowest BCUT2D eigenvalue weighted by Crippen LogP contribution is -2.34. The van der Waals surface area contributed by atoms with E-state index in [9.17, 15) is 10.2 Å². The summed E-state index contributed by atoms with van der Waals surface area (Å²) in [4.78, 5) is 0.